The third-order valence-corrected chi connectivity index (χ3v) is 7.40. The molecule has 2 unspecified atom stereocenters. The Morgan fingerprint density at radius 3 is 1.06 bits per heavy atom. The van der Waals surface area contributed by atoms with Crippen LogP contribution in [-0.4, -0.2) is 78.7 Å². The zero-order chi connectivity index (χ0) is 39.4. The standard InChI is InChI=1S/C12H15N3O5.C11H15N3O4.C9H11N3O3/c1-2-3-13-10(16)14(4-8-6-19-8)12(18)15(11(13)17)5-9-7-20-9;1-3-5-12-9(16)13(6-4-2)11(18)14(7-8-15)10(12)17;1-3-5-11-7(13)10-8(14)12(6-4-2)9(11)15/h2,8-9H,1,3-7H2;3-4,15H,1-2,5-8H2;3-4H,1-2,5-6H2,(H,10,13,14). The van der Waals surface area contributed by atoms with Gasteiger partial charge in [0.2, 0.25) is 0 Å². The normalized spacial score (nSPS) is 15.2. The number of nitrogens with one attached hydrogen (secondary N) is 1. The van der Waals surface area contributed by atoms with Gasteiger partial charge in [-0.05, 0) is 0 Å². The quantitative estimate of drug-likeness (QED) is 0.105. The predicted octanol–water partition coefficient (Wildman–Crippen LogP) is -4.24. The molecular formula is C32H41N9O12. The molecule has 0 aliphatic carbocycles. The first-order valence-electron chi connectivity index (χ1n) is 16.0. The number of allylic oxidation sites excluding steroid dienone is 5. The van der Waals surface area contributed by atoms with Crippen LogP contribution in [-0.2, 0) is 61.8 Å². The number of aromatic amines is 1. The molecule has 0 aromatic carbocycles. The van der Waals surface area contributed by atoms with Gasteiger partial charge in [0.25, 0.3) is 0 Å². The molecule has 2 atom stereocenters. The number of aliphatic hydroxyl groups is 1. The van der Waals surface area contributed by atoms with Gasteiger partial charge >= 0.3 is 51.2 Å². The van der Waals surface area contributed by atoms with Gasteiger partial charge in [0, 0.05) is 0 Å². The molecule has 0 saturated carbocycles. The van der Waals surface area contributed by atoms with Crippen molar-refractivity contribution in [2.75, 3.05) is 19.8 Å². The Hall–Kier alpha value is -6.19. The molecule has 3 aromatic rings. The molecule has 3 aromatic heterocycles. The number of epoxide rings is 2. The van der Waals surface area contributed by atoms with Crippen LogP contribution >= 0.6 is 0 Å². The summed E-state index contributed by atoms with van der Waals surface area (Å²) in [6.45, 7) is 18.3. The fraction of sp³-hybridized carbons (Fsp3) is 0.406. The molecule has 0 spiro atoms. The first-order chi connectivity index (χ1) is 25.3. The maximum atomic E-state index is 12.3. The Labute approximate surface area is 298 Å². The van der Waals surface area contributed by atoms with Crippen molar-refractivity contribution >= 4 is 0 Å². The van der Waals surface area contributed by atoms with Gasteiger partial charge in [-0.3, -0.25) is 4.98 Å². The average Bonchev–Trinajstić information content (AvgIpc) is 4.07. The minimum Gasteiger partial charge on any atom is -0.395 e. The Balaban J connectivity index is 0.000000217. The van der Waals surface area contributed by atoms with E-state index < -0.39 is 51.2 Å². The molecule has 5 heterocycles. The molecule has 21 heteroatoms. The van der Waals surface area contributed by atoms with E-state index in [2.05, 4.69) is 32.9 Å². The molecule has 21 nitrogen and oxygen atoms in total. The largest absolute Gasteiger partial charge is 0.395 e. The van der Waals surface area contributed by atoms with E-state index in [4.69, 9.17) is 14.6 Å². The molecular weight excluding hydrogens is 702 g/mol. The van der Waals surface area contributed by atoms with E-state index in [9.17, 15) is 43.2 Å². The Morgan fingerprint density at radius 2 is 0.755 bits per heavy atom. The summed E-state index contributed by atoms with van der Waals surface area (Å²) in [6, 6.07) is 0. The number of ether oxygens (including phenoxy) is 2. The number of aromatic nitrogens is 9. The second-order valence-corrected chi connectivity index (χ2v) is 11.2. The van der Waals surface area contributed by atoms with Crippen LogP contribution in [0, 0.1) is 0 Å². The fourth-order valence-corrected chi connectivity index (χ4v) is 4.70. The van der Waals surface area contributed by atoms with Crippen LogP contribution < -0.4 is 51.2 Å². The topological polar surface area (TPSA) is 254 Å². The monoisotopic (exact) mass is 743 g/mol. The van der Waals surface area contributed by atoms with Gasteiger partial charge in [-0.1, -0.05) is 30.4 Å². The van der Waals surface area contributed by atoms with Gasteiger partial charge in [0.05, 0.1) is 84.4 Å². The van der Waals surface area contributed by atoms with Crippen LogP contribution in [0.4, 0.5) is 0 Å². The fourth-order valence-electron chi connectivity index (χ4n) is 4.70. The SMILES string of the molecule is C=CCn1c(=O)[nH]c(=O)n(CC=C)c1=O.C=CCn1c(=O)n(CC2CO2)c(=O)n(CC2CO2)c1=O.C=CCn1c(=O)n(CC=C)c(=O)n(CCO)c1=O. The van der Waals surface area contributed by atoms with E-state index in [1.165, 1.54) is 30.4 Å². The lowest BCUT2D eigenvalue weighted by Crippen LogP contribution is -2.55. The lowest BCUT2D eigenvalue weighted by Gasteiger charge is -2.11. The molecule has 286 valence electrons. The minimum absolute atomic E-state index is 0.000514. The van der Waals surface area contributed by atoms with Gasteiger partial charge in [-0.15, -0.1) is 32.9 Å². The number of hydrogen-bond donors (Lipinski definition) is 2. The Bertz CT molecular complexity index is 2260. The van der Waals surface area contributed by atoms with E-state index >= 15 is 0 Å². The van der Waals surface area contributed by atoms with Crippen molar-refractivity contribution in [1.82, 2.24) is 41.5 Å². The zero-order valence-corrected chi connectivity index (χ0v) is 28.9. The van der Waals surface area contributed by atoms with Crippen molar-refractivity contribution in [3.63, 3.8) is 0 Å². The summed E-state index contributed by atoms with van der Waals surface area (Å²) in [4.78, 5) is 108. The summed E-state index contributed by atoms with van der Waals surface area (Å²) >= 11 is 0. The highest BCUT2D eigenvalue weighted by Crippen LogP contribution is 2.10. The van der Waals surface area contributed by atoms with Crippen molar-refractivity contribution in [3.8, 4) is 0 Å². The van der Waals surface area contributed by atoms with E-state index in [1.807, 2.05) is 4.98 Å². The van der Waals surface area contributed by atoms with Crippen molar-refractivity contribution in [3.05, 3.63) is 158 Å². The van der Waals surface area contributed by atoms with Crippen LogP contribution in [0.3, 0.4) is 0 Å². The molecule has 53 heavy (non-hydrogen) atoms. The molecule has 2 aliphatic heterocycles. The van der Waals surface area contributed by atoms with E-state index in [0.717, 1.165) is 36.5 Å². The molecule has 2 aliphatic rings. The second kappa shape index (κ2) is 18.9. The third-order valence-electron chi connectivity index (χ3n) is 7.40. The molecule has 5 rings (SSSR count). The Morgan fingerprint density at radius 1 is 0.491 bits per heavy atom. The zero-order valence-electron chi connectivity index (χ0n) is 28.9. The number of rotatable bonds is 16. The number of H-pyrrole nitrogens is 1. The molecule has 0 bridgehead atoms. The van der Waals surface area contributed by atoms with Crippen LogP contribution in [0.15, 0.2) is 106 Å². The van der Waals surface area contributed by atoms with Gasteiger partial charge < -0.3 is 14.6 Å². The first kappa shape index (κ1) is 41.2. The third kappa shape index (κ3) is 9.99. The average molecular weight is 744 g/mol. The number of nitrogens with zero attached hydrogens (tertiary/aromatic N) is 8. The molecule has 2 N–H and O–H groups in total. The van der Waals surface area contributed by atoms with Crippen LogP contribution in [0.1, 0.15) is 0 Å². The van der Waals surface area contributed by atoms with E-state index in [0.29, 0.717) is 13.2 Å². The maximum absolute atomic E-state index is 12.3. The smallest absolute Gasteiger partial charge is 0.336 e. The number of aliphatic hydroxyl groups excluding tert-OH is 1. The van der Waals surface area contributed by atoms with E-state index in [1.54, 1.807) is 0 Å². The van der Waals surface area contributed by atoms with Crippen LogP contribution in [0.5, 0.6) is 0 Å². The highest BCUT2D eigenvalue weighted by molar-refractivity contribution is 4.87. The predicted molar refractivity (Wildman–Crippen MR) is 192 cm³/mol. The lowest BCUT2D eigenvalue weighted by atomic mass is 10.4. The van der Waals surface area contributed by atoms with Gasteiger partial charge in [0.15, 0.2) is 0 Å². The van der Waals surface area contributed by atoms with Crippen molar-refractivity contribution in [2.45, 2.75) is 64.6 Å². The van der Waals surface area contributed by atoms with Crippen molar-refractivity contribution in [2.24, 2.45) is 0 Å². The number of hydrogen-bond acceptors (Lipinski definition) is 12. The van der Waals surface area contributed by atoms with Crippen molar-refractivity contribution < 1.29 is 14.6 Å². The van der Waals surface area contributed by atoms with Crippen molar-refractivity contribution in [1.29, 1.82) is 0 Å². The van der Waals surface area contributed by atoms with Crippen LogP contribution in [0.25, 0.3) is 0 Å². The summed E-state index contributed by atoms with van der Waals surface area (Å²) in [6.07, 6.45) is 6.77. The summed E-state index contributed by atoms with van der Waals surface area (Å²) in [5.41, 5.74) is -6.19. The highest BCUT2D eigenvalue weighted by atomic mass is 16.6. The summed E-state index contributed by atoms with van der Waals surface area (Å²) in [5, 5.41) is 8.84. The first-order valence-corrected chi connectivity index (χ1v) is 16.0. The maximum Gasteiger partial charge on any atom is 0.336 e. The van der Waals surface area contributed by atoms with Gasteiger partial charge in [-0.2, -0.15) is 0 Å². The summed E-state index contributed by atoms with van der Waals surface area (Å²) in [5.74, 6) is 0. The lowest BCUT2D eigenvalue weighted by molar-refractivity contribution is 0.265. The second-order valence-electron chi connectivity index (χ2n) is 11.2. The van der Waals surface area contributed by atoms with Crippen LogP contribution in [0.2, 0.25) is 0 Å². The van der Waals surface area contributed by atoms with Gasteiger partial charge in [-0.25, -0.2) is 79.7 Å². The molecule has 2 fully saturated rings. The molecule has 2 saturated heterocycles. The molecule has 0 radical (unpaired) electrons. The van der Waals surface area contributed by atoms with E-state index in [-0.39, 0.29) is 71.2 Å². The molecule has 0 amide bonds. The highest BCUT2D eigenvalue weighted by Gasteiger charge is 2.29. The van der Waals surface area contributed by atoms with Gasteiger partial charge in [0.1, 0.15) is 0 Å². The Kier molecular flexibility index (Phi) is 14.7. The minimum atomic E-state index is -0.751. The summed E-state index contributed by atoms with van der Waals surface area (Å²) in [7, 11) is 0. The summed E-state index contributed by atoms with van der Waals surface area (Å²) < 4.78 is 17.5.